The fourth-order valence-corrected chi connectivity index (χ4v) is 3.30. The molecule has 0 fully saturated rings. The number of thioether (sulfide) groups is 1. The monoisotopic (exact) mass is 411 g/mol. The van der Waals surface area contributed by atoms with Gasteiger partial charge in [-0.25, -0.2) is 4.98 Å². The van der Waals surface area contributed by atoms with Gasteiger partial charge in [0.1, 0.15) is 17.3 Å². The molecule has 0 unspecified atom stereocenters. The number of nitrogens with zero attached hydrogens (tertiary/aromatic N) is 2. The summed E-state index contributed by atoms with van der Waals surface area (Å²) in [6.07, 6.45) is 5.89. The van der Waals surface area contributed by atoms with Crippen LogP contribution in [0.5, 0.6) is 0 Å². The van der Waals surface area contributed by atoms with Gasteiger partial charge in [0.2, 0.25) is 0 Å². The van der Waals surface area contributed by atoms with Gasteiger partial charge in [0.05, 0.1) is 5.75 Å². The highest BCUT2D eigenvalue weighted by Gasteiger charge is 2.01. The second-order valence-corrected chi connectivity index (χ2v) is 7.51. The molecule has 0 aliphatic heterocycles. The van der Waals surface area contributed by atoms with Crippen LogP contribution in [0.25, 0.3) is 0 Å². The van der Waals surface area contributed by atoms with Crippen molar-refractivity contribution < 1.29 is 4.42 Å². The van der Waals surface area contributed by atoms with Crippen LogP contribution >= 0.6 is 24.0 Å². The van der Waals surface area contributed by atoms with Gasteiger partial charge in [-0.3, -0.25) is 0 Å². The summed E-state index contributed by atoms with van der Waals surface area (Å²) in [6, 6.07) is 4.03. The van der Waals surface area contributed by atoms with Crippen LogP contribution in [0.2, 0.25) is 0 Å². The van der Waals surface area contributed by atoms with E-state index in [4.69, 9.17) is 16.6 Å². The van der Waals surface area contributed by atoms with Crippen molar-refractivity contribution in [3.63, 3.8) is 0 Å². The first-order valence-corrected chi connectivity index (χ1v) is 10.9. The number of imidazole rings is 1. The normalized spacial score (nSPS) is 10.2. The summed E-state index contributed by atoms with van der Waals surface area (Å²) in [4.78, 5) is 4.33. The van der Waals surface area contributed by atoms with E-state index in [1.54, 1.807) is 0 Å². The number of aryl methyl sites for hydroxylation is 3. The van der Waals surface area contributed by atoms with E-state index in [-0.39, 0.29) is 0 Å². The quantitative estimate of drug-likeness (QED) is 0.410. The molecule has 2 aromatic rings. The molecule has 2 rings (SSSR count). The van der Waals surface area contributed by atoms with Gasteiger partial charge < -0.3 is 24.9 Å². The van der Waals surface area contributed by atoms with E-state index in [9.17, 15) is 0 Å². The lowest BCUT2D eigenvalue weighted by molar-refractivity contribution is 0.501. The Morgan fingerprint density at radius 3 is 2.67 bits per heavy atom. The minimum atomic E-state index is 0.728. The van der Waals surface area contributed by atoms with Gasteiger partial charge >= 0.3 is 0 Å². The summed E-state index contributed by atoms with van der Waals surface area (Å²) < 4.78 is 7.74. The largest absolute Gasteiger partial charge is 0.466 e. The molecule has 2 heterocycles. The predicted octanol–water partition coefficient (Wildman–Crippen LogP) is 2.97. The first-order valence-electron chi connectivity index (χ1n) is 9.33. The summed E-state index contributed by atoms with van der Waals surface area (Å²) in [5.74, 6) is 5.04. The minimum absolute atomic E-state index is 0.728. The van der Waals surface area contributed by atoms with Crippen molar-refractivity contribution >= 4 is 29.1 Å². The number of thiocarbonyl (C=S) groups is 1. The van der Waals surface area contributed by atoms with Gasteiger partial charge in [-0.05, 0) is 51.8 Å². The van der Waals surface area contributed by atoms with Gasteiger partial charge in [0.15, 0.2) is 5.11 Å². The molecule has 152 valence electrons. The smallest absolute Gasteiger partial charge is 0.166 e. The first-order chi connectivity index (χ1) is 13.1. The van der Waals surface area contributed by atoms with Crippen molar-refractivity contribution in [1.29, 1.82) is 0 Å². The summed E-state index contributed by atoms with van der Waals surface area (Å²) >= 11 is 7.13. The molecule has 0 amide bonds. The standard InChI is InChI=1S/C17H26N4OS2.C2H7N/c1-3-16-18-8-11-21(16)10-4-7-19-17(23)20-9-12-24-13-15-6-5-14(2)22-15;1-3-2/h5-6,8,11H,3-4,7,9-10,12-13H2,1-2H3,(H2,19,20,23);3H,1-2H3. The Kier molecular flexibility index (Phi) is 12.7. The molecule has 2 aromatic heterocycles. The average Bonchev–Trinajstić information content (AvgIpc) is 3.27. The lowest BCUT2D eigenvalue weighted by Gasteiger charge is -2.11. The molecule has 0 radical (unpaired) electrons. The zero-order valence-corrected chi connectivity index (χ0v) is 18.5. The summed E-state index contributed by atoms with van der Waals surface area (Å²) in [5, 5.41) is 9.97. The third-order valence-electron chi connectivity index (χ3n) is 3.55. The molecule has 8 heteroatoms. The molecule has 0 aromatic carbocycles. The summed E-state index contributed by atoms with van der Waals surface area (Å²) in [5.41, 5.74) is 0. The molecule has 0 aliphatic carbocycles. The number of aromatic nitrogens is 2. The number of furan rings is 1. The number of nitrogens with one attached hydrogen (secondary N) is 3. The zero-order chi connectivity index (χ0) is 19.9. The second-order valence-electron chi connectivity index (χ2n) is 5.99. The third kappa shape index (κ3) is 10.4. The van der Waals surface area contributed by atoms with E-state index in [1.807, 2.05) is 57.3 Å². The first kappa shape index (κ1) is 23.5. The lowest BCUT2D eigenvalue weighted by atomic mass is 10.4. The molecular formula is C19H33N5OS2. The van der Waals surface area contributed by atoms with Crippen LogP contribution < -0.4 is 16.0 Å². The number of rotatable bonds is 10. The second kappa shape index (κ2) is 14.5. The molecule has 0 bridgehead atoms. The molecule has 27 heavy (non-hydrogen) atoms. The van der Waals surface area contributed by atoms with Crippen LogP contribution in [0.4, 0.5) is 0 Å². The van der Waals surface area contributed by atoms with Crippen LogP contribution in [0.15, 0.2) is 28.9 Å². The van der Waals surface area contributed by atoms with E-state index in [0.717, 1.165) is 66.4 Å². The van der Waals surface area contributed by atoms with E-state index >= 15 is 0 Å². The van der Waals surface area contributed by atoms with E-state index < -0.39 is 0 Å². The summed E-state index contributed by atoms with van der Waals surface area (Å²) in [7, 11) is 3.75. The third-order valence-corrected chi connectivity index (χ3v) is 4.82. The lowest BCUT2D eigenvalue weighted by Crippen LogP contribution is -2.37. The summed E-state index contributed by atoms with van der Waals surface area (Å²) in [6.45, 7) is 6.79. The highest BCUT2D eigenvalue weighted by molar-refractivity contribution is 7.98. The van der Waals surface area contributed by atoms with Crippen LogP contribution in [0.1, 0.15) is 30.7 Å². The molecule has 0 saturated carbocycles. The highest BCUT2D eigenvalue weighted by atomic mass is 32.2. The van der Waals surface area contributed by atoms with E-state index in [0.29, 0.717) is 0 Å². The Morgan fingerprint density at radius 1 is 1.26 bits per heavy atom. The maximum Gasteiger partial charge on any atom is 0.166 e. The van der Waals surface area contributed by atoms with Crippen LogP contribution in [0.3, 0.4) is 0 Å². The Balaban J connectivity index is 0.00000114. The van der Waals surface area contributed by atoms with Gasteiger partial charge in [-0.2, -0.15) is 11.8 Å². The minimum Gasteiger partial charge on any atom is -0.466 e. The topological polar surface area (TPSA) is 67.0 Å². The average molecular weight is 412 g/mol. The Bertz CT molecular complexity index is 642. The predicted molar refractivity (Wildman–Crippen MR) is 119 cm³/mol. The molecule has 0 spiro atoms. The Labute approximate surface area is 172 Å². The maximum atomic E-state index is 5.54. The molecule has 0 saturated heterocycles. The fourth-order valence-electron chi connectivity index (χ4n) is 2.34. The van der Waals surface area contributed by atoms with Crippen LogP contribution in [-0.2, 0) is 18.7 Å². The zero-order valence-electron chi connectivity index (χ0n) is 16.9. The van der Waals surface area contributed by atoms with Crippen molar-refractivity contribution in [3.05, 3.63) is 41.9 Å². The SMILES string of the molecule is CCc1nccn1CCCNC(=S)NCCSCc1ccc(C)o1.CNC. The molecule has 6 nitrogen and oxygen atoms in total. The number of hydrogen-bond donors (Lipinski definition) is 3. The van der Waals surface area contributed by atoms with Crippen molar-refractivity contribution in [2.75, 3.05) is 32.9 Å². The number of hydrogen-bond acceptors (Lipinski definition) is 5. The van der Waals surface area contributed by atoms with Crippen molar-refractivity contribution in [2.24, 2.45) is 0 Å². The maximum absolute atomic E-state index is 5.54. The highest BCUT2D eigenvalue weighted by Crippen LogP contribution is 2.14. The van der Waals surface area contributed by atoms with Crippen molar-refractivity contribution in [3.8, 4) is 0 Å². The van der Waals surface area contributed by atoms with Gasteiger partial charge in [0.25, 0.3) is 0 Å². The van der Waals surface area contributed by atoms with E-state index in [1.165, 1.54) is 0 Å². The van der Waals surface area contributed by atoms with Gasteiger partial charge in [-0.15, -0.1) is 0 Å². The van der Waals surface area contributed by atoms with Gasteiger partial charge in [-0.1, -0.05) is 6.92 Å². The van der Waals surface area contributed by atoms with Crippen LogP contribution in [0, 0.1) is 6.92 Å². The Hall–Kier alpha value is -1.51. The van der Waals surface area contributed by atoms with E-state index in [2.05, 4.69) is 32.4 Å². The molecule has 3 N–H and O–H groups in total. The molecule has 0 aliphatic rings. The fraction of sp³-hybridized carbons (Fsp3) is 0.579. The van der Waals surface area contributed by atoms with Crippen molar-refractivity contribution in [1.82, 2.24) is 25.5 Å². The van der Waals surface area contributed by atoms with Crippen LogP contribution in [-0.4, -0.2) is 47.6 Å². The Morgan fingerprint density at radius 2 is 2.00 bits per heavy atom. The molecule has 0 atom stereocenters. The molecular weight excluding hydrogens is 378 g/mol. The van der Waals surface area contributed by atoms with Gasteiger partial charge in [0, 0.05) is 44.2 Å². The van der Waals surface area contributed by atoms with Crippen molar-refractivity contribution in [2.45, 2.75) is 39.0 Å².